The smallest absolute Gasteiger partial charge is 0.279 e. The summed E-state index contributed by atoms with van der Waals surface area (Å²) in [4.78, 5) is 12.3. The van der Waals surface area contributed by atoms with Crippen LogP contribution in [-0.2, 0) is 4.79 Å². The van der Waals surface area contributed by atoms with Crippen LogP contribution in [0, 0.1) is 19.8 Å². The van der Waals surface area contributed by atoms with E-state index in [0.29, 0.717) is 18.5 Å². The largest absolute Gasteiger partial charge is 0.332 e. The summed E-state index contributed by atoms with van der Waals surface area (Å²) in [5.41, 5.74) is 4.41. The standard InChI is InChI=1S/C20H26N2O/c1-14(2)20(17-8-6-5-7-9-17)21-13-19(23)22-18-12-15(3)10-11-16(18)4/h5-12,14,20-21H,13H2,1-4H3,(H,22,23)/p+1/t20-/m0/s1. The van der Waals surface area contributed by atoms with Crippen LogP contribution in [-0.4, -0.2) is 12.5 Å². The van der Waals surface area contributed by atoms with E-state index in [1.54, 1.807) is 0 Å². The summed E-state index contributed by atoms with van der Waals surface area (Å²) in [7, 11) is 0. The summed E-state index contributed by atoms with van der Waals surface area (Å²) in [5, 5.41) is 5.15. The lowest BCUT2D eigenvalue weighted by Crippen LogP contribution is -2.88. The molecule has 1 atom stereocenters. The van der Waals surface area contributed by atoms with Gasteiger partial charge in [-0.3, -0.25) is 4.79 Å². The second-order valence-electron chi connectivity index (χ2n) is 6.49. The van der Waals surface area contributed by atoms with Gasteiger partial charge in [0.1, 0.15) is 6.04 Å². The van der Waals surface area contributed by atoms with E-state index in [4.69, 9.17) is 0 Å². The van der Waals surface area contributed by atoms with Crippen molar-refractivity contribution in [1.82, 2.24) is 0 Å². The van der Waals surface area contributed by atoms with E-state index in [9.17, 15) is 4.79 Å². The molecule has 0 heterocycles. The van der Waals surface area contributed by atoms with Crippen LogP contribution in [0.1, 0.15) is 36.6 Å². The van der Waals surface area contributed by atoms with Gasteiger partial charge in [-0.05, 0) is 31.0 Å². The first-order valence-electron chi connectivity index (χ1n) is 8.22. The number of amides is 1. The Bertz CT molecular complexity index is 650. The van der Waals surface area contributed by atoms with Crippen molar-refractivity contribution < 1.29 is 10.1 Å². The Morgan fingerprint density at radius 3 is 2.43 bits per heavy atom. The summed E-state index contributed by atoms with van der Waals surface area (Å²) in [6.45, 7) is 8.85. The Morgan fingerprint density at radius 1 is 1.09 bits per heavy atom. The Balaban J connectivity index is 1.98. The number of carbonyl (C=O) groups is 1. The number of quaternary nitrogens is 1. The lowest BCUT2D eigenvalue weighted by molar-refractivity contribution is -0.692. The second kappa shape index (κ2) is 7.93. The molecule has 0 bridgehead atoms. The van der Waals surface area contributed by atoms with E-state index in [2.05, 4.69) is 54.8 Å². The fourth-order valence-corrected chi connectivity index (χ4v) is 2.77. The summed E-state index contributed by atoms with van der Waals surface area (Å²) < 4.78 is 0. The van der Waals surface area contributed by atoms with Crippen molar-refractivity contribution in [3.05, 3.63) is 65.2 Å². The van der Waals surface area contributed by atoms with Crippen LogP contribution in [0.3, 0.4) is 0 Å². The zero-order chi connectivity index (χ0) is 16.8. The second-order valence-corrected chi connectivity index (χ2v) is 6.49. The van der Waals surface area contributed by atoms with Crippen LogP contribution in [0.5, 0.6) is 0 Å². The zero-order valence-corrected chi connectivity index (χ0v) is 14.5. The number of aryl methyl sites for hydroxylation is 2. The number of hydrogen-bond donors (Lipinski definition) is 2. The third-order valence-corrected chi connectivity index (χ3v) is 4.13. The molecule has 3 heteroatoms. The molecule has 0 aromatic heterocycles. The van der Waals surface area contributed by atoms with E-state index >= 15 is 0 Å². The number of nitrogens with one attached hydrogen (secondary N) is 1. The quantitative estimate of drug-likeness (QED) is 0.845. The topological polar surface area (TPSA) is 45.7 Å². The Kier molecular flexibility index (Phi) is 5.94. The van der Waals surface area contributed by atoms with E-state index in [-0.39, 0.29) is 5.91 Å². The molecule has 2 aromatic rings. The summed E-state index contributed by atoms with van der Waals surface area (Å²) >= 11 is 0. The average Bonchev–Trinajstić information content (AvgIpc) is 2.52. The maximum Gasteiger partial charge on any atom is 0.279 e. The molecule has 1 amide bonds. The SMILES string of the molecule is Cc1ccc(C)c(NC(=O)C[NH2+][C@H](c2ccccc2)C(C)C)c1. The highest BCUT2D eigenvalue weighted by atomic mass is 16.1. The fourth-order valence-electron chi connectivity index (χ4n) is 2.77. The van der Waals surface area contributed by atoms with Crippen LogP contribution in [0.4, 0.5) is 5.69 Å². The van der Waals surface area contributed by atoms with Gasteiger partial charge >= 0.3 is 0 Å². The molecule has 0 unspecified atom stereocenters. The van der Waals surface area contributed by atoms with Crippen molar-refractivity contribution in [2.75, 3.05) is 11.9 Å². The van der Waals surface area contributed by atoms with Crippen LogP contribution in [0.25, 0.3) is 0 Å². The predicted octanol–water partition coefficient (Wildman–Crippen LogP) is 3.20. The minimum atomic E-state index is 0.0419. The third kappa shape index (κ3) is 4.93. The van der Waals surface area contributed by atoms with Gasteiger partial charge in [-0.2, -0.15) is 0 Å². The number of benzene rings is 2. The van der Waals surface area contributed by atoms with Gasteiger partial charge in [-0.1, -0.05) is 56.3 Å². The van der Waals surface area contributed by atoms with Crippen molar-refractivity contribution in [2.45, 2.75) is 33.7 Å². The maximum atomic E-state index is 12.3. The Labute approximate surface area is 139 Å². The molecular weight excluding hydrogens is 284 g/mol. The number of anilines is 1. The highest BCUT2D eigenvalue weighted by Crippen LogP contribution is 2.17. The van der Waals surface area contributed by atoms with Crippen molar-refractivity contribution >= 4 is 11.6 Å². The molecule has 0 saturated heterocycles. The minimum Gasteiger partial charge on any atom is -0.332 e. The number of nitrogens with two attached hydrogens (primary N) is 1. The summed E-state index contributed by atoms with van der Waals surface area (Å²) in [5.74, 6) is 0.506. The Hall–Kier alpha value is -2.13. The first-order valence-corrected chi connectivity index (χ1v) is 8.22. The van der Waals surface area contributed by atoms with Gasteiger partial charge in [0.05, 0.1) is 0 Å². The molecule has 0 fully saturated rings. The van der Waals surface area contributed by atoms with Gasteiger partial charge in [-0.25, -0.2) is 0 Å². The maximum absolute atomic E-state index is 12.3. The highest BCUT2D eigenvalue weighted by Gasteiger charge is 2.20. The van der Waals surface area contributed by atoms with Crippen LogP contribution in [0.2, 0.25) is 0 Å². The van der Waals surface area contributed by atoms with Crippen LogP contribution in [0.15, 0.2) is 48.5 Å². The minimum absolute atomic E-state index is 0.0419. The first kappa shape index (κ1) is 17.2. The summed E-state index contributed by atoms with van der Waals surface area (Å²) in [6, 6.07) is 16.8. The van der Waals surface area contributed by atoms with Crippen molar-refractivity contribution in [2.24, 2.45) is 5.92 Å². The average molecular weight is 311 g/mol. The lowest BCUT2D eigenvalue weighted by atomic mass is 9.96. The fraction of sp³-hybridized carbons (Fsp3) is 0.350. The Morgan fingerprint density at radius 2 is 1.78 bits per heavy atom. The van der Waals surface area contributed by atoms with E-state index in [1.807, 2.05) is 32.0 Å². The molecule has 0 aliphatic rings. The molecule has 0 aliphatic heterocycles. The van der Waals surface area contributed by atoms with E-state index in [1.165, 1.54) is 5.56 Å². The third-order valence-electron chi connectivity index (χ3n) is 4.13. The molecule has 3 N–H and O–H groups in total. The number of hydrogen-bond acceptors (Lipinski definition) is 1. The molecule has 0 radical (unpaired) electrons. The highest BCUT2D eigenvalue weighted by molar-refractivity contribution is 5.92. The van der Waals surface area contributed by atoms with Gasteiger partial charge in [0.15, 0.2) is 6.54 Å². The monoisotopic (exact) mass is 311 g/mol. The molecule has 0 spiro atoms. The molecule has 0 aliphatic carbocycles. The van der Waals surface area contributed by atoms with Gasteiger partial charge < -0.3 is 10.6 Å². The van der Waals surface area contributed by atoms with Crippen molar-refractivity contribution in [3.8, 4) is 0 Å². The van der Waals surface area contributed by atoms with Gasteiger partial charge in [0, 0.05) is 17.2 Å². The normalized spacial score (nSPS) is 12.2. The van der Waals surface area contributed by atoms with Gasteiger partial charge in [0.2, 0.25) is 0 Å². The molecular formula is C20H27N2O+. The zero-order valence-electron chi connectivity index (χ0n) is 14.5. The number of rotatable bonds is 6. The van der Waals surface area contributed by atoms with Crippen molar-refractivity contribution in [1.29, 1.82) is 0 Å². The lowest BCUT2D eigenvalue weighted by Gasteiger charge is -2.19. The molecule has 0 saturated carbocycles. The number of carbonyl (C=O) groups excluding carboxylic acids is 1. The van der Waals surface area contributed by atoms with Crippen LogP contribution >= 0.6 is 0 Å². The predicted molar refractivity (Wildman–Crippen MR) is 95.4 cm³/mol. The van der Waals surface area contributed by atoms with E-state index < -0.39 is 0 Å². The molecule has 2 aromatic carbocycles. The molecule has 122 valence electrons. The van der Waals surface area contributed by atoms with E-state index in [0.717, 1.165) is 16.8 Å². The van der Waals surface area contributed by atoms with Crippen LogP contribution < -0.4 is 10.6 Å². The molecule has 23 heavy (non-hydrogen) atoms. The first-order chi connectivity index (χ1) is 11.0. The van der Waals surface area contributed by atoms with Crippen molar-refractivity contribution in [3.63, 3.8) is 0 Å². The molecule has 3 nitrogen and oxygen atoms in total. The summed E-state index contributed by atoms with van der Waals surface area (Å²) in [6.07, 6.45) is 0. The van der Waals surface area contributed by atoms with Gasteiger partial charge in [0.25, 0.3) is 5.91 Å². The molecule has 2 rings (SSSR count). The van der Waals surface area contributed by atoms with Gasteiger partial charge in [-0.15, -0.1) is 0 Å².